The van der Waals surface area contributed by atoms with Crippen LogP contribution in [0.3, 0.4) is 0 Å². The molecule has 0 radical (unpaired) electrons. The number of fused-ring (bicyclic) bond motifs is 2. The van der Waals surface area contributed by atoms with Crippen LogP contribution >= 0.6 is 11.6 Å². The van der Waals surface area contributed by atoms with E-state index in [4.69, 9.17) is 21.4 Å². The Labute approximate surface area is 276 Å². The number of H-pyrrole nitrogens is 1. The number of aromatic nitrogens is 5. The Hall–Kier alpha value is -4.42. The first-order chi connectivity index (χ1) is 22.7. The van der Waals surface area contributed by atoms with Gasteiger partial charge in [-0.1, -0.05) is 23.7 Å². The van der Waals surface area contributed by atoms with Gasteiger partial charge < -0.3 is 25.2 Å². The van der Waals surface area contributed by atoms with Crippen LogP contribution in [0.25, 0.3) is 5.57 Å². The number of hydrogen-bond acceptors (Lipinski definition) is 7. The molecule has 2 aromatic heterocycles. The number of aryl methyl sites for hydroxylation is 2. The maximum atomic E-state index is 14.6. The zero-order valence-electron chi connectivity index (χ0n) is 26.3. The van der Waals surface area contributed by atoms with Crippen LogP contribution in [0, 0.1) is 0 Å². The maximum absolute atomic E-state index is 14.6. The molecule has 1 saturated heterocycles. The number of rotatable bonds is 6. The summed E-state index contributed by atoms with van der Waals surface area (Å²) in [6.45, 7) is 1.45. The van der Waals surface area contributed by atoms with Crippen molar-refractivity contribution in [3.8, 4) is 5.75 Å². The molecule has 4 aliphatic rings. The van der Waals surface area contributed by atoms with E-state index >= 15 is 0 Å². The predicted octanol–water partition coefficient (Wildman–Crippen LogP) is 4.23. The van der Waals surface area contributed by atoms with E-state index < -0.39 is 11.3 Å². The first-order valence-corrected chi connectivity index (χ1v) is 16.5. The molecule has 1 saturated carbocycles. The number of nitrogens with zero attached hydrogens (tertiary/aromatic N) is 5. The van der Waals surface area contributed by atoms with Gasteiger partial charge in [-0.15, -0.1) is 5.10 Å². The number of aromatic amines is 1. The summed E-state index contributed by atoms with van der Waals surface area (Å²) in [5.74, 6) is 0.164. The van der Waals surface area contributed by atoms with Crippen LogP contribution in [0.4, 0.5) is 5.69 Å². The van der Waals surface area contributed by atoms with Crippen molar-refractivity contribution in [1.29, 1.82) is 0 Å². The van der Waals surface area contributed by atoms with Crippen LogP contribution < -0.4 is 10.9 Å². The summed E-state index contributed by atoms with van der Waals surface area (Å²) in [5.41, 5.74) is 3.14. The Morgan fingerprint density at radius 3 is 2.68 bits per heavy atom. The number of anilines is 1. The number of amides is 2. The molecule has 0 atom stereocenters. The molecule has 1 aromatic carbocycles. The lowest BCUT2D eigenvalue weighted by atomic mass is 9.74. The van der Waals surface area contributed by atoms with Crippen molar-refractivity contribution in [3.05, 3.63) is 86.3 Å². The van der Waals surface area contributed by atoms with E-state index in [0.29, 0.717) is 80.0 Å². The predicted molar refractivity (Wildman–Crippen MR) is 176 cm³/mol. The Morgan fingerprint density at radius 2 is 1.98 bits per heavy atom. The quantitative estimate of drug-likeness (QED) is 0.359. The van der Waals surface area contributed by atoms with Crippen LogP contribution in [0.2, 0.25) is 5.02 Å². The number of carbonyl (C=O) groups excluding carboxylic acids is 2. The fourth-order valence-corrected chi connectivity index (χ4v) is 7.34. The fourth-order valence-electron chi connectivity index (χ4n) is 7.11. The van der Waals surface area contributed by atoms with E-state index in [1.807, 2.05) is 36.0 Å². The van der Waals surface area contributed by atoms with E-state index in [2.05, 4.69) is 15.4 Å². The van der Waals surface area contributed by atoms with Gasteiger partial charge in [0.1, 0.15) is 12.3 Å². The minimum atomic E-state index is -0.509. The highest BCUT2D eigenvalue weighted by Gasteiger charge is 2.45. The third-order valence-corrected chi connectivity index (χ3v) is 10.1. The molecule has 7 rings (SSSR count). The van der Waals surface area contributed by atoms with Gasteiger partial charge in [0.25, 0.3) is 11.5 Å². The summed E-state index contributed by atoms with van der Waals surface area (Å²) in [4.78, 5) is 47.1. The molecular formula is C34H38ClN7O5. The van der Waals surface area contributed by atoms with Crippen LogP contribution in [0.1, 0.15) is 77.6 Å². The molecule has 12 nitrogen and oxygen atoms in total. The number of piperidine rings is 1. The third-order valence-electron chi connectivity index (χ3n) is 9.83. The topological polar surface area (TPSA) is 147 Å². The number of likely N-dealkylation sites (tertiary alicyclic amines) is 1. The SMILES string of the molecule is Cn1[nH]c2c(c(=O)n(CC(=O)Nc3ccc(C4CC4)cc3Cl)nc1C1=CCOCC1)C1(CC2)CCN(C(=O)c2ncccc2O)CC1. The molecule has 246 valence electrons. The van der Waals surface area contributed by atoms with Gasteiger partial charge >= 0.3 is 0 Å². The molecule has 3 N–H and O–H groups in total. The van der Waals surface area contributed by atoms with Gasteiger partial charge in [0.05, 0.1) is 23.9 Å². The highest BCUT2D eigenvalue weighted by molar-refractivity contribution is 6.33. The van der Waals surface area contributed by atoms with E-state index in [1.54, 1.807) is 11.0 Å². The second kappa shape index (κ2) is 12.6. The average molecular weight is 660 g/mol. The number of halogens is 1. The molecule has 3 aromatic rings. The molecule has 13 heteroatoms. The van der Waals surface area contributed by atoms with Gasteiger partial charge in [-0.2, -0.15) is 0 Å². The highest BCUT2D eigenvalue weighted by atomic mass is 35.5. The van der Waals surface area contributed by atoms with Gasteiger partial charge in [-0.3, -0.25) is 19.1 Å². The van der Waals surface area contributed by atoms with Gasteiger partial charge in [-0.25, -0.2) is 9.67 Å². The Bertz CT molecular complexity index is 1880. The van der Waals surface area contributed by atoms with Crippen LogP contribution in [-0.4, -0.2) is 72.7 Å². The number of aromatic hydroxyl groups is 1. The molecule has 2 amide bonds. The molecule has 4 heterocycles. The van der Waals surface area contributed by atoms with Crippen molar-refractivity contribution in [2.75, 3.05) is 31.6 Å². The fraction of sp³-hybridized carbons (Fsp3) is 0.441. The molecule has 2 aliphatic carbocycles. The molecule has 2 fully saturated rings. The van der Waals surface area contributed by atoms with Crippen molar-refractivity contribution in [2.45, 2.75) is 62.8 Å². The van der Waals surface area contributed by atoms with Gasteiger partial charge in [0, 0.05) is 43.0 Å². The molecule has 2 aliphatic heterocycles. The van der Waals surface area contributed by atoms with Crippen molar-refractivity contribution in [1.82, 2.24) is 29.4 Å². The average Bonchev–Trinajstić information content (AvgIpc) is 3.87. The van der Waals surface area contributed by atoms with Crippen molar-refractivity contribution in [2.24, 2.45) is 7.05 Å². The first kappa shape index (κ1) is 31.2. The first-order valence-electron chi connectivity index (χ1n) is 16.2. The Kier molecular flexibility index (Phi) is 8.39. The van der Waals surface area contributed by atoms with Crippen molar-refractivity contribution in [3.63, 3.8) is 0 Å². The van der Waals surface area contributed by atoms with Gasteiger partial charge in [0.15, 0.2) is 11.5 Å². The van der Waals surface area contributed by atoms with Crippen molar-refractivity contribution >= 4 is 34.7 Å². The zero-order valence-corrected chi connectivity index (χ0v) is 27.1. The highest BCUT2D eigenvalue weighted by Crippen LogP contribution is 2.44. The number of pyridine rings is 1. The third kappa shape index (κ3) is 6.19. The van der Waals surface area contributed by atoms with E-state index in [0.717, 1.165) is 36.1 Å². The Morgan fingerprint density at radius 1 is 1.17 bits per heavy atom. The summed E-state index contributed by atoms with van der Waals surface area (Å²) in [5, 5.41) is 21.8. The summed E-state index contributed by atoms with van der Waals surface area (Å²) < 4.78 is 8.61. The van der Waals surface area contributed by atoms with Crippen LogP contribution in [0.15, 0.2) is 47.4 Å². The zero-order chi connectivity index (χ0) is 32.7. The number of hydrogen-bond donors (Lipinski definition) is 3. The normalized spacial score (nSPS) is 18.4. The van der Waals surface area contributed by atoms with Gasteiger partial charge in [-0.05, 0) is 86.3 Å². The summed E-state index contributed by atoms with van der Waals surface area (Å²) in [6.07, 6.45) is 8.79. The monoisotopic (exact) mass is 659 g/mol. The maximum Gasteiger partial charge on any atom is 0.276 e. The summed E-state index contributed by atoms with van der Waals surface area (Å²) >= 11 is 6.55. The number of nitrogens with one attached hydrogen (secondary N) is 2. The second-order valence-electron chi connectivity index (χ2n) is 12.9. The molecular weight excluding hydrogens is 622 g/mol. The molecule has 0 bridgehead atoms. The minimum Gasteiger partial charge on any atom is -0.505 e. The molecule has 47 heavy (non-hydrogen) atoms. The van der Waals surface area contributed by atoms with E-state index in [9.17, 15) is 19.5 Å². The molecule has 1 spiro atoms. The van der Waals surface area contributed by atoms with Crippen LogP contribution in [0.5, 0.6) is 5.75 Å². The number of carbonyl (C=O) groups is 2. The van der Waals surface area contributed by atoms with E-state index in [-0.39, 0.29) is 29.5 Å². The van der Waals surface area contributed by atoms with Crippen molar-refractivity contribution < 1.29 is 19.4 Å². The number of benzene rings is 1. The standard InChI is InChI=1S/C34H38ClN7O5/c1-40-31(22-9-17-47-18-10-22)39-42(20-28(44)37-25-7-6-23(19-24(25)35)21-4-5-21)32(45)29-26(38-40)8-11-34(29)12-15-41(16-13-34)33(46)30-27(43)3-2-14-36-30/h2-3,6-7,9,14,19,21,38,43H,4-5,8,10-13,15-18,20H2,1H3,(H,37,44). The van der Waals surface area contributed by atoms with Gasteiger partial charge in [0.2, 0.25) is 5.91 Å². The lowest BCUT2D eigenvalue weighted by molar-refractivity contribution is -0.117. The lowest BCUT2D eigenvalue weighted by Gasteiger charge is -2.39. The lowest BCUT2D eigenvalue weighted by Crippen LogP contribution is -2.47. The van der Waals surface area contributed by atoms with E-state index in [1.165, 1.54) is 16.9 Å². The summed E-state index contributed by atoms with van der Waals surface area (Å²) in [7, 11) is 1.86. The smallest absolute Gasteiger partial charge is 0.276 e. The second-order valence-corrected chi connectivity index (χ2v) is 13.3. The molecule has 0 unspecified atom stereocenters. The Balaban J connectivity index is 1.23. The minimum absolute atomic E-state index is 0.0175. The largest absolute Gasteiger partial charge is 0.505 e. The van der Waals surface area contributed by atoms with Crippen LogP contribution in [-0.2, 0) is 35.0 Å². The summed E-state index contributed by atoms with van der Waals surface area (Å²) in [6, 6.07) is 8.72. The number of ether oxygens (including phenoxy) is 1.